The lowest BCUT2D eigenvalue weighted by Crippen LogP contribution is -2.23. The van der Waals surface area contributed by atoms with Gasteiger partial charge >= 0.3 is 0 Å². The molecule has 4 rings (SSSR count). The summed E-state index contributed by atoms with van der Waals surface area (Å²) in [7, 11) is 0. The summed E-state index contributed by atoms with van der Waals surface area (Å²) in [6.07, 6.45) is 5.25. The van der Waals surface area contributed by atoms with Crippen molar-refractivity contribution in [3.8, 4) is 5.82 Å². The first kappa shape index (κ1) is 23.0. The number of hydrogen-bond donors (Lipinski definition) is 2. The van der Waals surface area contributed by atoms with E-state index in [9.17, 15) is 0 Å². The maximum Gasteiger partial charge on any atom is 0.226 e. The molecule has 0 amide bonds. The zero-order valence-electron chi connectivity index (χ0n) is 18.1. The van der Waals surface area contributed by atoms with Crippen molar-refractivity contribution < 1.29 is 4.74 Å². The lowest BCUT2D eigenvalue weighted by molar-refractivity contribution is 0.115. The molecule has 0 fully saturated rings. The molecule has 0 aliphatic carbocycles. The van der Waals surface area contributed by atoms with Gasteiger partial charge in [0.05, 0.1) is 13.2 Å². The van der Waals surface area contributed by atoms with E-state index in [0.29, 0.717) is 47.4 Å². The van der Waals surface area contributed by atoms with Gasteiger partial charge in [-0.3, -0.25) is 4.57 Å². The lowest BCUT2D eigenvalue weighted by Gasteiger charge is -2.17. The van der Waals surface area contributed by atoms with Crippen molar-refractivity contribution in [3.63, 3.8) is 0 Å². The van der Waals surface area contributed by atoms with Crippen LogP contribution in [0.3, 0.4) is 0 Å². The van der Waals surface area contributed by atoms with E-state index in [0.717, 1.165) is 11.1 Å². The van der Waals surface area contributed by atoms with Crippen LogP contribution in [-0.2, 0) is 17.9 Å². The third-order valence-electron chi connectivity index (χ3n) is 4.77. The molecule has 0 radical (unpaired) electrons. The largest absolute Gasteiger partial charge is 0.375 e. The Bertz CT molecular complexity index is 1170. The molecule has 4 aromatic rings. The fourth-order valence-corrected chi connectivity index (χ4v) is 3.51. The molecule has 0 spiro atoms. The monoisotopic (exact) mass is 482 g/mol. The summed E-state index contributed by atoms with van der Waals surface area (Å²) in [5.74, 6) is 1.88. The highest BCUT2D eigenvalue weighted by molar-refractivity contribution is 6.30. The molecule has 2 aromatic heterocycles. The van der Waals surface area contributed by atoms with Gasteiger partial charge in [0.1, 0.15) is 18.0 Å². The summed E-state index contributed by atoms with van der Waals surface area (Å²) >= 11 is 12.0. The first-order chi connectivity index (χ1) is 16.0. The van der Waals surface area contributed by atoms with Crippen LogP contribution in [0.4, 0.5) is 11.8 Å². The third-order valence-corrected chi connectivity index (χ3v) is 5.25. The Labute approximate surface area is 202 Å². The van der Waals surface area contributed by atoms with Gasteiger partial charge in [0.25, 0.3) is 0 Å². The summed E-state index contributed by atoms with van der Waals surface area (Å²) in [5.41, 5.74) is 2.11. The Morgan fingerprint density at radius 1 is 1.00 bits per heavy atom. The predicted octanol–water partition coefficient (Wildman–Crippen LogP) is 5.60. The molecule has 0 saturated carbocycles. The summed E-state index contributed by atoms with van der Waals surface area (Å²) < 4.78 is 7.68. The van der Waals surface area contributed by atoms with Crippen molar-refractivity contribution >= 4 is 35.0 Å². The van der Waals surface area contributed by atoms with Gasteiger partial charge in [0.2, 0.25) is 5.95 Å². The Balaban J connectivity index is 1.41. The van der Waals surface area contributed by atoms with E-state index in [4.69, 9.17) is 27.9 Å². The van der Waals surface area contributed by atoms with Crippen LogP contribution in [0.2, 0.25) is 10.0 Å². The smallest absolute Gasteiger partial charge is 0.226 e. The van der Waals surface area contributed by atoms with Crippen molar-refractivity contribution in [2.75, 3.05) is 17.2 Å². The zero-order valence-corrected chi connectivity index (χ0v) is 19.6. The summed E-state index contributed by atoms with van der Waals surface area (Å²) in [6, 6.07) is 17.2. The summed E-state index contributed by atoms with van der Waals surface area (Å²) in [4.78, 5) is 13.4. The minimum Gasteiger partial charge on any atom is -0.375 e. The van der Waals surface area contributed by atoms with Crippen LogP contribution < -0.4 is 10.6 Å². The van der Waals surface area contributed by atoms with Crippen LogP contribution in [0.25, 0.3) is 5.82 Å². The van der Waals surface area contributed by atoms with E-state index in [-0.39, 0.29) is 6.04 Å². The Morgan fingerprint density at radius 3 is 2.61 bits per heavy atom. The van der Waals surface area contributed by atoms with Gasteiger partial charge in [0, 0.05) is 41.1 Å². The van der Waals surface area contributed by atoms with Crippen molar-refractivity contribution in [3.05, 3.63) is 94.5 Å². The van der Waals surface area contributed by atoms with Gasteiger partial charge < -0.3 is 15.4 Å². The fourth-order valence-electron chi connectivity index (χ4n) is 3.17. The second kappa shape index (κ2) is 11.1. The van der Waals surface area contributed by atoms with Gasteiger partial charge in [-0.15, -0.1) is 0 Å². The van der Waals surface area contributed by atoms with Crippen molar-refractivity contribution in [1.29, 1.82) is 0 Å². The molecule has 0 saturated heterocycles. The number of imidazole rings is 1. The summed E-state index contributed by atoms with van der Waals surface area (Å²) in [6.45, 7) is 3.62. The van der Waals surface area contributed by atoms with E-state index in [2.05, 4.69) is 25.6 Å². The Hall–Kier alpha value is -3.13. The summed E-state index contributed by atoms with van der Waals surface area (Å²) in [5, 5.41) is 8.08. The van der Waals surface area contributed by atoms with E-state index < -0.39 is 0 Å². The number of benzene rings is 2. The average Bonchev–Trinajstić information content (AvgIpc) is 3.34. The molecule has 2 aromatic carbocycles. The maximum absolute atomic E-state index is 6.09. The third kappa shape index (κ3) is 6.92. The van der Waals surface area contributed by atoms with Crippen molar-refractivity contribution in [2.24, 2.45) is 0 Å². The minimum atomic E-state index is 0.0311. The molecule has 0 unspecified atom stereocenters. The average molecular weight is 483 g/mol. The predicted molar refractivity (Wildman–Crippen MR) is 132 cm³/mol. The number of nitrogens with zero attached hydrogens (tertiary/aromatic N) is 4. The van der Waals surface area contributed by atoms with Crippen molar-refractivity contribution in [2.45, 2.75) is 26.1 Å². The highest BCUT2D eigenvalue weighted by Gasteiger charge is 2.10. The molecular formula is C24H24Cl2N6O. The zero-order chi connectivity index (χ0) is 23.0. The normalized spacial score (nSPS) is 11.8. The van der Waals surface area contributed by atoms with Gasteiger partial charge in [0.15, 0.2) is 0 Å². The van der Waals surface area contributed by atoms with Crippen LogP contribution in [0.15, 0.2) is 73.3 Å². The van der Waals surface area contributed by atoms with Crippen LogP contribution in [0.5, 0.6) is 0 Å². The van der Waals surface area contributed by atoms with Crippen LogP contribution in [-0.4, -0.2) is 32.2 Å². The molecule has 0 aliphatic rings. The molecule has 1 atom stereocenters. The van der Waals surface area contributed by atoms with E-state index in [1.807, 2.05) is 72.3 Å². The number of halogens is 2. The van der Waals surface area contributed by atoms with Gasteiger partial charge in [-0.2, -0.15) is 9.97 Å². The first-order valence-electron chi connectivity index (χ1n) is 10.5. The topological polar surface area (TPSA) is 76.9 Å². The number of anilines is 2. The fraction of sp³-hybridized carbons (Fsp3) is 0.208. The SMILES string of the molecule is C[C@H](COCc1ccc(Cl)cc1)Nc1cc(-n2ccnc2)nc(NCc2cccc(Cl)c2)n1. The molecule has 0 bridgehead atoms. The Morgan fingerprint density at radius 2 is 1.85 bits per heavy atom. The minimum absolute atomic E-state index is 0.0311. The quantitative estimate of drug-likeness (QED) is 0.306. The molecule has 170 valence electrons. The Kier molecular flexibility index (Phi) is 7.78. The highest BCUT2D eigenvalue weighted by atomic mass is 35.5. The molecular weight excluding hydrogens is 459 g/mol. The van der Waals surface area contributed by atoms with E-state index >= 15 is 0 Å². The van der Waals surface area contributed by atoms with Gasteiger partial charge in [-0.05, 0) is 42.3 Å². The number of aromatic nitrogens is 4. The number of hydrogen-bond acceptors (Lipinski definition) is 6. The highest BCUT2D eigenvalue weighted by Crippen LogP contribution is 2.17. The van der Waals surface area contributed by atoms with Crippen molar-refractivity contribution in [1.82, 2.24) is 19.5 Å². The first-order valence-corrected chi connectivity index (χ1v) is 11.3. The molecule has 9 heteroatoms. The lowest BCUT2D eigenvalue weighted by atomic mass is 10.2. The molecule has 2 heterocycles. The molecule has 7 nitrogen and oxygen atoms in total. The number of ether oxygens (including phenoxy) is 1. The standard InChI is InChI=1S/C24H24Cl2N6O/c1-17(14-33-15-18-5-7-20(25)8-6-18)29-22-12-23(32-10-9-27-16-32)31-24(30-22)28-13-19-3-2-4-21(26)11-19/h2-12,16-17H,13-15H2,1H3,(H2,28,29,30,31)/t17-/m1/s1. The van der Waals surface area contributed by atoms with Gasteiger partial charge in [-0.25, -0.2) is 4.98 Å². The maximum atomic E-state index is 6.09. The molecule has 33 heavy (non-hydrogen) atoms. The van der Waals surface area contributed by atoms with E-state index in [1.54, 1.807) is 12.5 Å². The van der Waals surface area contributed by atoms with Crippen LogP contribution in [0, 0.1) is 0 Å². The molecule has 2 N–H and O–H groups in total. The van der Waals surface area contributed by atoms with E-state index in [1.165, 1.54) is 0 Å². The van der Waals surface area contributed by atoms with Gasteiger partial charge in [-0.1, -0.05) is 47.5 Å². The molecule has 0 aliphatic heterocycles. The number of nitrogens with one attached hydrogen (secondary N) is 2. The second-order valence-corrected chi connectivity index (χ2v) is 8.45. The second-order valence-electron chi connectivity index (χ2n) is 7.58. The van der Waals surface area contributed by atoms with Crippen LogP contribution >= 0.6 is 23.2 Å². The van der Waals surface area contributed by atoms with Crippen LogP contribution in [0.1, 0.15) is 18.1 Å². The number of rotatable bonds is 10.